The van der Waals surface area contributed by atoms with Crippen molar-refractivity contribution in [3.8, 4) is 0 Å². The lowest BCUT2D eigenvalue weighted by atomic mass is 9.85. The third-order valence-corrected chi connectivity index (χ3v) is 8.16. The number of rotatable bonds is 6. The van der Waals surface area contributed by atoms with Gasteiger partial charge in [0.25, 0.3) is 0 Å². The van der Waals surface area contributed by atoms with Crippen molar-refractivity contribution in [3.05, 3.63) is 52.0 Å². The molecule has 1 aliphatic heterocycles. The zero-order valence-corrected chi connectivity index (χ0v) is 18.1. The topological polar surface area (TPSA) is 62.3 Å². The monoisotopic (exact) mass is 423 g/mol. The lowest BCUT2D eigenvalue weighted by Gasteiger charge is -2.34. The Labute approximate surface area is 181 Å². The molecule has 6 heteroatoms. The first-order valence-electron chi connectivity index (χ1n) is 11.2. The summed E-state index contributed by atoms with van der Waals surface area (Å²) in [7, 11) is 0. The van der Waals surface area contributed by atoms with Crippen molar-refractivity contribution in [2.75, 3.05) is 13.1 Å². The Morgan fingerprint density at radius 1 is 1.10 bits per heavy atom. The second kappa shape index (κ2) is 8.14. The highest BCUT2D eigenvalue weighted by Crippen LogP contribution is 2.50. The Bertz CT molecular complexity index is 910. The molecule has 3 fully saturated rings. The molecule has 2 heterocycles. The third kappa shape index (κ3) is 3.78. The number of benzene rings is 1. The van der Waals surface area contributed by atoms with Gasteiger partial charge in [0, 0.05) is 30.3 Å². The summed E-state index contributed by atoms with van der Waals surface area (Å²) in [6.45, 7) is 2.15. The Morgan fingerprint density at radius 2 is 1.83 bits per heavy atom. The van der Waals surface area contributed by atoms with Crippen molar-refractivity contribution >= 4 is 23.2 Å². The Morgan fingerprint density at radius 3 is 2.47 bits per heavy atom. The van der Waals surface area contributed by atoms with E-state index >= 15 is 0 Å². The smallest absolute Gasteiger partial charge is 0.233 e. The molecule has 0 unspecified atom stereocenters. The number of piperidine rings is 1. The summed E-state index contributed by atoms with van der Waals surface area (Å²) in [5, 5.41) is 6.25. The Kier molecular flexibility index (Phi) is 5.35. The maximum atomic E-state index is 13.2. The zero-order chi connectivity index (χ0) is 20.6. The molecular formula is C24H29N3O2S. The third-order valence-electron chi connectivity index (χ3n) is 7.11. The predicted molar refractivity (Wildman–Crippen MR) is 117 cm³/mol. The largest absolute Gasteiger partial charge is 0.350 e. The molecule has 3 aliphatic rings. The van der Waals surface area contributed by atoms with Crippen LogP contribution in [-0.2, 0) is 21.5 Å². The molecule has 0 atom stereocenters. The fourth-order valence-electron chi connectivity index (χ4n) is 4.72. The molecule has 2 amide bonds. The number of hydrogen-bond acceptors (Lipinski definition) is 4. The van der Waals surface area contributed by atoms with Crippen LogP contribution < -0.4 is 5.32 Å². The lowest BCUT2D eigenvalue weighted by Crippen LogP contribution is -2.43. The molecule has 2 aromatic rings. The van der Waals surface area contributed by atoms with Gasteiger partial charge in [0.15, 0.2) is 0 Å². The zero-order valence-electron chi connectivity index (χ0n) is 17.3. The van der Waals surface area contributed by atoms with Crippen molar-refractivity contribution < 1.29 is 9.59 Å². The van der Waals surface area contributed by atoms with Gasteiger partial charge in [-0.05, 0) is 44.1 Å². The molecule has 1 N–H and O–H groups in total. The summed E-state index contributed by atoms with van der Waals surface area (Å²) in [4.78, 5) is 32.1. The molecule has 1 saturated heterocycles. The van der Waals surface area contributed by atoms with Gasteiger partial charge in [0.1, 0.15) is 0 Å². The minimum atomic E-state index is -0.263. The molecule has 30 heavy (non-hydrogen) atoms. The fourth-order valence-corrected chi connectivity index (χ4v) is 5.72. The van der Waals surface area contributed by atoms with Crippen LogP contribution in [0.25, 0.3) is 0 Å². The van der Waals surface area contributed by atoms with E-state index in [0.29, 0.717) is 18.4 Å². The van der Waals surface area contributed by atoms with Crippen LogP contribution in [0.3, 0.4) is 0 Å². The van der Waals surface area contributed by atoms with E-state index in [2.05, 4.69) is 27.7 Å². The van der Waals surface area contributed by atoms with Crippen molar-refractivity contribution in [2.45, 2.75) is 62.8 Å². The number of hydrogen-bond donors (Lipinski definition) is 1. The number of carbonyl (C=O) groups is 2. The van der Waals surface area contributed by atoms with Gasteiger partial charge in [-0.15, -0.1) is 11.3 Å². The van der Waals surface area contributed by atoms with E-state index in [1.54, 1.807) is 11.3 Å². The van der Waals surface area contributed by atoms with Gasteiger partial charge in [0.2, 0.25) is 11.8 Å². The number of carbonyl (C=O) groups excluding carboxylic acids is 2. The highest BCUT2D eigenvalue weighted by atomic mass is 32.1. The summed E-state index contributed by atoms with van der Waals surface area (Å²) < 4.78 is 0. The number of thiazole rings is 1. The molecule has 5 rings (SSSR count). The second-order valence-electron chi connectivity index (χ2n) is 9.04. The van der Waals surface area contributed by atoms with Gasteiger partial charge in [-0.25, -0.2) is 4.98 Å². The first-order valence-corrected chi connectivity index (χ1v) is 12.1. The van der Waals surface area contributed by atoms with Gasteiger partial charge in [-0.1, -0.05) is 36.8 Å². The van der Waals surface area contributed by atoms with E-state index in [1.165, 1.54) is 12.0 Å². The van der Waals surface area contributed by atoms with Crippen LogP contribution in [0, 0.1) is 5.92 Å². The van der Waals surface area contributed by atoms with Crippen LogP contribution in [0.4, 0.5) is 0 Å². The molecule has 1 aromatic carbocycles. The average molecular weight is 424 g/mol. The summed E-state index contributed by atoms with van der Waals surface area (Å²) in [5.41, 5.74) is 1.87. The first kappa shape index (κ1) is 19.7. The van der Waals surface area contributed by atoms with Gasteiger partial charge in [-0.2, -0.15) is 0 Å². The molecule has 0 radical (unpaired) electrons. The number of nitrogens with one attached hydrogen (secondary N) is 1. The van der Waals surface area contributed by atoms with Crippen LogP contribution in [-0.4, -0.2) is 34.8 Å². The standard InChI is InChI=1S/C24H29N3O2S/c28-21(17-5-4-6-17)25-15-20-16-30-22(26-20)18-9-13-27(14-10-18)23(29)24(11-12-24)19-7-2-1-3-8-19/h1-3,7-8,16-18H,4-6,9-15H2,(H,25,28). The van der Waals surface area contributed by atoms with Crippen molar-refractivity contribution in [1.29, 1.82) is 0 Å². The average Bonchev–Trinajstić information content (AvgIpc) is 3.42. The molecule has 158 valence electrons. The van der Waals surface area contributed by atoms with Gasteiger partial charge >= 0.3 is 0 Å². The number of nitrogens with zero attached hydrogens (tertiary/aromatic N) is 2. The first-order chi connectivity index (χ1) is 14.7. The van der Waals surface area contributed by atoms with E-state index in [4.69, 9.17) is 4.98 Å². The van der Waals surface area contributed by atoms with Crippen LogP contribution in [0.15, 0.2) is 35.7 Å². The Balaban J connectivity index is 1.14. The lowest BCUT2D eigenvalue weighted by molar-refractivity contribution is -0.135. The second-order valence-corrected chi connectivity index (χ2v) is 9.93. The highest BCUT2D eigenvalue weighted by molar-refractivity contribution is 7.09. The van der Waals surface area contributed by atoms with Crippen molar-refractivity contribution in [3.63, 3.8) is 0 Å². The van der Waals surface area contributed by atoms with Gasteiger partial charge in [0.05, 0.1) is 22.7 Å². The minimum Gasteiger partial charge on any atom is -0.350 e. The maximum Gasteiger partial charge on any atom is 0.233 e. The Hall–Kier alpha value is -2.21. The molecule has 0 spiro atoms. The van der Waals surface area contributed by atoms with E-state index in [1.807, 2.05) is 18.2 Å². The van der Waals surface area contributed by atoms with Crippen molar-refractivity contribution in [1.82, 2.24) is 15.2 Å². The molecule has 0 bridgehead atoms. The normalized spacial score (nSPS) is 21.1. The summed E-state index contributed by atoms with van der Waals surface area (Å²) in [6.07, 6.45) is 7.10. The maximum absolute atomic E-state index is 13.2. The summed E-state index contributed by atoms with van der Waals surface area (Å²) in [6, 6.07) is 10.3. The van der Waals surface area contributed by atoms with Gasteiger partial charge < -0.3 is 10.2 Å². The van der Waals surface area contributed by atoms with Crippen LogP contribution >= 0.6 is 11.3 Å². The van der Waals surface area contributed by atoms with Crippen molar-refractivity contribution in [2.24, 2.45) is 5.92 Å². The SMILES string of the molecule is O=C(NCc1csc(C2CCN(C(=O)C3(c4ccccc4)CC3)CC2)n1)C1CCC1. The molecule has 2 saturated carbocycles. The number of amides is 2. The van der Waals surface area contributed by atoms with Gasteiger partial charge in [-0.3, -0.25) is 9.59 Å². The van der Waals surface area contributed by atoms with Crippen LogP contribution in [0.5, 0.6) is 0 Å². The number of likely N-dealkylation sites (tertiary alicyclic amines) is 1. The molecule has 5 nitrogen and oxygen atoms in total. The predicted octanol–water partition coefficient (Wildman–Crippen LogP) is 4.00. The number of aromatic nitrogens is 1. The van der Waals surface area contributed by atoms with Crippen LogP contribution in [0.2, 0.25) is 0 Å². The summed E-state index contributed by atoms with van der Waals surface area (Å²) >= 11 is 1.69. The molecule has 2 aliphatic carbocycles. The van der Waals surface area contributed by atoms with E-state index in [9.17, 15) is 9.59 Å². The highest BCUT2D eigenvalue weighted by Gasteiger charge is 2.53. The quantitative estimate of drug-likeness (QED) is 0.764. The van der Waals surface area contributed by atoms with E-state index in [-0.39, 0.29) is 17.2 Å². The minimum absolute atomic E-state index is 0.176. The van der Waals surface area contributed by atoms with E-state index < -0.39 is 0 Å². The van der Waals surface area contributed by atoms with Crippen LogP contribution in [0.1, 0.15) is 67.1 Å². The fraction of sp³-hybridized carbons (Fsp3) is 0.542. The molecule has 1 aromatic heterocycles. The van der Waals surface area contributed by atoms with E-state index in [0.717, 1.165) is 62.3 Å². The summed E-state index contributed by atoms with van der Waals surface area (Å²) in [5.74, 6) is 1.12. The molecular weight excluding hydrogens is 394 g/mol.